The van der Waals surface area contributed by atoms with Crippen molar-refractivity contribution in [2.24, 2.45) is 5.92 Å². The Morgan fingerprint density at radius 2 is 1.88 bits per heavy atom. The number of rotatable bonds is 14. The van der Waals surface area contributed by atoms with Gasteiger partial charge in [-0.1, -0.05) is 32.0 Å². The first-order valence-corrected chi connectivity index (χ1v) is 14.1. The number of nitrogens with zero attached hydrogens (tertiary/aromatic N) is 2. The van der Waals surface area contributed by atoms with Crippen LogP contribution in [-0.4, -0.2) is 74.1 Å². The van der Waals surface area contributed by atoms with Gasteiger partial charge in [-0.15, -0.1) is 0 Å². The van der Waals surface area contributed by atoms with E-state index in [1.165, 1.54) is 7.11 Å². The van der Waals surface area contributed by atoms with Gasteiger partial charge in [-0.05, 0) is 76.2 Å². The molecule has 9 nitrogen and oxygen atoms in total. The van der Waals surface area contributed by atoms with Crippen LogP contribution in [0.3, 0.4) is 0 Å². The van der Waals surface area contributed by atoms with Crippen LogP contribution in [0.25, 0.3) is 11.0 Å². The number of carbonyl (C=O) groups is 2. The van der Waals surface area contributed by atoms with Crippen LogP contribution < -0.4 is 14.2 Å². The molecule has 4 rings (SSSR count). The second-order valence-corrected chi connectivity index (χ2v) is 10.8. The summed E-state index contributed by atoms with van der Waals surface area (Å²) in [5, 5.41) is 11.8. The summed E-state index contributed by atoms with van der Waals surface area (Å²) in [6.45, 7) is 8.17. The Kier molecular flexibility index (Phi) is 9.60. The molecule has 0 radical (unpaired) electrons. The molecule has 2 heterocycles. The summed E-state index contributed by atoms with van der Waals surface area (Å²) in [5.74, 6) is 0.352. The van der Waals surface area contributed by atoms with Crippen LogP contribution in [0.5, 0.6) is 17.2 Å². The number of amides is 1. The van der Waals surface area contributed by atoms with Gasteiger partial charge in [-0.3, -0.25) is 9.59 Å². The predicted octanol–water partition coefficient (Wildman–Crippen LogP) is 5.80. The predicted molar refractivity (Wildman–Crippen MR) is 157 cm³/mol. The van der Waals surface area contributed by atoms with Crippen molar-refractivity contribution in [1.82, 2.24) is 9.80 Å². The third kappa shape index (κ3) is 6.51. The van der Waals surface area contributed by atoms with Gasteiger partial charge in [0.15, 0.2) is 34.4 Å². The molecule has 0 bridgehead atoms. The van der Waals surface area contributed by atoms with Gasteiger partial charge < -0.3 is 33.5 Å². The normalized spacial score (nSPS) is 15.5. The summed E-state index contributed by atoms with van der Waals surface area (Å²) in [6, 6.07) is 11.5. The van der Waals surface area contributed by atoms with Crippen molar-refractivity contribution < 1.29 is 33.3 Å². The molecular weight excluding hydrogens is 524 g/mol. The van der Waals surface area contributed by atoms with Crippen molar-refractivity contribution in [2.75, 3.05) is 47.5 Å². The number of Topliss-reactive ketones (excluding diaryl/α,β-unsaturated/α-hetero) is 1. The van der Waals surface area contributed by atoms with Gasteiger partial charge >= 0.3 is 0 Å². The Hall–Kier alpha value is -3.98. The number of ketones is 1. The van der Waals surface area contributed by atoms with Crippen LogP contribution in [0.1, 0.15) is 55.8 Å². The smallest absolute Gasteiger partial charge is 0.290 e. The van der Waals surface area contributed by atoms with E-state index in [-0.39, 0.29) is 11.3 Å². The van der Waals surface area contributed by atoms with Crippen molar-refractivity contribution >= 4 is 22.7 Å². The van der Waals surface area contributed by atoms with Crippen LogP contribution >= 0.6 is 0 Å². The Morgan fingerprint density at radius 3 is 2.56 bits per heavy atom. The number of furan rings is 1. The number of aliphatic hydroxyl groups excluding tert-OH is 1. The monoisotopic (exact) mass is 564 g/mol. The van der Waals surface area contributed by atoms with Crippen LogP contribution in [0, 0.1) is 5.92 Å². The zero-order chi connectivity index (χ0) is 29.7. The number of hydrogen-bond acceptors (Lipinski definition) is 8. The molecule has 0 saturated carbocycles. The van der Waals surface area contributed by atoms with Gasteiger partial charge in [-0.2, -0.15) is 0 Å². The van der Waals surface area contributed by atoms with E-state index in [2.05, 4.69) is 13.8 Å². The number of benzene rings is 2. The molecule has 9 heteroatoms. The molecule has 1 aromatic heterocycles. The number of hydrogen-bond donors (Lipinski definition) is 1. The van der Waals surface area contributed by atoms with E-state index in [0.717, 1.165) is 13.0 Å². The quantitative estimate of drug-likeness (QED) is 0.245. The fraction of sp³-hybridized carbons (Fsp3) is 0.438. The SMILES string of the molecule is CCOc1cc(C2C(C(=O)c3cc4cccc(OC)c4o3)=C(O)C(=O)N2CCCN(C)C)ccc1OCCC(C)C. The standard InChI is InChI=1S/C32H40N2O7/c1-7-39-25-18-21(12-13-23(25)40-17-14-20(2)3)28-27(30(36)32(37)34(28)16-9-15-33(4)5)29(35)26-19-22-10-8-11-24(38-6)31(22)41-26/h8,10-13,18-20,28,36H,7,9,14-17H2,1-6H3. The second kappa shape index (κ2) is 13.1. The first kappa shape index (κ1) is 30.0. The average molecular weight is 565 g/mol. The molecule has 0 saturated heterocycles. The van der Waals surface area contributed by atoms with Gasteiger partial charge in [0.05, 0.1) is 31.9 Å². The lowest BCUT2D eigenvalue weighted by Gasteiger charge is -2.28. The lowest BCUT2D eigenvalue weighted by molar-refractivity contribution is -0.129. The maximum absolute atomic E-state index is 14.0. The Bertz CT molecular complexity index is 1420. The maximum Gasteiger partial charge on any atom is 0.290 e. The molecule has 0 fully saturated rings. The van der Waals surface area contributed by atoms with Gasteiger partial charge in [0, 0.05) is 11.9 Å². The molecule has 2 aromatic carbocycles. The lowest BCUT2D eigenvalue weighted by Crippen LogP contribution is -2.33. The number of aliphatic hydroxyl groups is 1. The van der Waals surface area contributed by atoms with Crippen molar-refractivity contribution in [3.05, 3.63) is 65.1 Å². The van der Waals surface area contributed by atoms with E-state index >= 15 is 0 Å². The number of ether oxygens (including phenoxy) is 3. The minimum absolute atomic E-state index is 0.0117. The first-order valence-electron chi connectivity index (χ1n) is 14.1. The molecule has 41 heavy (non-hydrogen) atoms. The molecule has 0 spiro atoms. The molecule has 1 aliphatic heterocycles. The van der Waals surface area contributed by atoms with Gasteiger partial charge in [0.2, 0.25) is 5.78 Å². The third-order valence-corrected chi connectivity index (χ3v) is 7.04. The van der Waals surface area contributed by atoms with Crippen molar-refractivity contribution in [2.45, 2.75) is 39.7 Å². The molecule has 0 aliphatic carbocycles. The van der Waals surface area contributed by atoms with Gasteiger partial charge in [0.25, 0.3) is 5.91 Å². The van der Waals surface area contributed by atoms with E-state index in [1.54, 1.807) is 35.2 Å². The van der Waals surface area contributed by atoms with Crippen LogP contribution in [0.15, 0.2) is 58.2 Å². The van der Waals surface area contributed by atoms with E-state index < -0.39 is 23.5 Å². The first-order chi connectivity index (χ1) is 19.7. The number of para-hydroxylation sites is 1. The molecule has 1 amide bonds. The largest absolute Gasteiger partial charge is 0.503 e. The fourth-order valence-corrected chi connectivity index (χ4v) is 4.95. The van der Waals surface area contributed by atoms with E-state index in [4.69, 9.17) is 18.6 Å². The van der Waals surface area contributed by atoms with Crippen molar-refractivity contribution in [3.8, 4) is 17.2 Å². The van der Waals surface area contributed by atoms with E-state index in [9.17, 15) is 14.7 Å². The van der Waals surface area contributed by atoms with Gasteiger partial charge in [0.1, 0.15) is 0 Å². The summed E-state index contributed by atoms with van der Waals surface area (Å²) in [4.78, 5) is 30.9. The van der Waals surface area contributed by atoms with E-state index in [0.29, 0.717) is 65.9 Å². The Balaban J connectivity index is 1.76. The number of methoxy groups -OCH3 is 1. The summed E-state index contributed by atoms with van der Waals surface area (Å²) in [7, 11) is 5.43. The zero-order valence-electron chi connectivity index (χ0n) is 24.7. The Labute approximate surface area is 241 Å². The van der Waals surface area contributed by atoms with Crippen LogP contribution in [0.2, 0.25) is 0 Å². The maximum atomic E-state index is 14.0. The lowest BCUT2D eigenvalue weighted by atomic mass is 9.94. The molecular formula is C32H40N2O7. The van der Waals surface area contributed by atoms with E-state index in [1.807, 2.05) is 38.1 Å². The average Bonchev–Trinajstić information content (AvgIpc) is 3.48. The van der Waals surface area contributed by atoms with Gasteiger partial charge in [-0.25, -0.2) is 0 Å². The Morgan fingerprint density at radius 1 is 1.10 bits per heavy atom. The summed E-state index contributed by atoms with van der Waals surface area (Å²) >= 11 is 0. The minimum Gasteiger partial charge on any atom is -0.503 e. The molecule has 220 valence electrons. The zero-order valence-corrected chi connectivity index (χ0v) is 24.7. The molecule has 3 aromatic rings. The highest BCUT2D eigenvalue weighted by Gasteiger charge is 2.44. The minimum atomic E-state index is -0.837. The summed E-state index contributed by atoms with van der Waals surface area (Å²) in [6.07, 6.45) is 1.54. The topological polar surface area (TPSA) is 102 Å². The second-order valence-electron chi connectivity index (χ2n) is 10.8. The van der Waals surface area contributed by atoms with Crippen LogP contribution in [0.4, 0.5) is 0 Å². The fourth-order valence-electron chi connectivity index (χ4n) is 4.95. The molecule has 1 atom stereocenters. The molecule has 1 unspecified atom stereocenters. The third-order valence-electron chi connectivity index (χ3n) is 7.04. The van der Waals surface area contributed by atoms with Crippen molar-refractivity contribution in [3.63, 3.8) is 0 Å². The van der Waals surface area contributed by atoms with Crippen molar-refractivity contribution in [1.29, 1.82) is 0 Å². The highest BCUT2D eigenvalue weighted by Crippen LogP contribution is 2.42. The summed E-state index contributed by atoms with van der Waals surface area (Å²) in [5.41, 5.74) is 1.02. The number of fused-ring (bicyclic) bond motifs is 1. The molecule has 1 aliphatic rings. The molecule has 1 N–H and O–H groups in total. The highest BCUT2D eigenvalue weighted by atomic mass is 16.5. The highest BCUT2D eigenvalue weighted by molar-refractivity contribution is 6.16. The number of carbonyl (C=O) groups excluding carboxylic acids is 2. The van der Waals surface area contributed by atoms with Crippen LogP contribution in [-0.2, 0) is 4.79 Å². The summed E-state index contributed by atoms with van der Waals surface area (Å²) < 4.78 is 23.2.